The fourth-order valence-corrected chi connectivity index (χ4v) is 6.11. The van der Waals surface area contributed by atoms with Crippen molar-refractivity contribution in [2.45, 2.75) is 57.4 Å². The minimum atomic E-state index is -0.631. The zero-order valence-electron chi connectivity index (χ0n) is 12.6. The van der Waals surface area contributed by atoms with Gasteiger partial charge in [0, 0.05) is 17.9 Å². The molecule has 116 valence electrons. The lowest BCUT2D eigenvalue weighted by Crippen LogP contribution is -2.55. The molecule has 4 saturated carbocycles. The lowest BCUT2D eigenvalue weighted by Gasteiger charge is -2.56. The van der Waals surface area contributed by atoms with Gasteiger partial charge in [0.1, 0.15) is 5.78 Å². The third kappa shape index (κ3) is 2.14. The Kier molecular flexibility index (Phi) is 3.14. The van der Waals surface area contributed by atoms with Crippen LogP contribution < -0.4 is 11.1 Å². The van der Waals surface area contributed by atoms with Gasteiger partial charge in [-0.3, -0.25) is 9.59 Å². The Labute approximate surface area is 126 Å². The van der Waals surface area contributed by atoms with Crippen molar-refractivity contribution in [3.05, 3.63) is 0 Å². The summed E-state index contributed by atoms with van der Waals surface area (Å²) in [5.74, 6) is 2.24. The van der Waals surface area contributed by atoms with E-state index in [0.29, 0.717) is 12.3 Å². The zero-order chi connectivity index (χ0) is 14.6. The molecular weight excluding hydrogens is 264 g/mol. The summed E-state index contributed by atoms with van der Waals surface area (Å²) in [6.07, 6.45) is 8.88. The van der Waals surface area contributed by atoms with Crippen LogP contribution in [0.3, 0.4) is 0 Å². The van der Waals surface area contributed by atoms with Gasteiger partial charge in [-0.2, -0.15) is 0 Å². The highest BCUT2D eigenvalue weighted by Crippen LogP contribution is 2.61. The van der Waals surface area contributed by atoms with Gasteiger partial charge in [0.25, 0.3) is 0 Å². The maximum Gasteiger partial charge on any atom is 0.237 e. The van der Waals surface area contributed by atoms with E-state index in [1.807, 2.05) is 0 Å². The van der Waals surface area contributed by atoms with Crippen LogP contribution in [0.25, 0.3) is 0 Å². The molecule has 21 heavy (non-hydrogen) atoms. The van der Waals surface area contributed by atoms with Crippen LogP contribution in [0.15, 0.2) is 0 Å². The molecule has 5 aliphatic rings. The SMILES string of the molecule is N[C@@H]1C(=O)NCCCC1C(=O)C12CC3CC(CC(C3)C1)C2. The first-order valence-corrected chi connectivity index (χ1v) is 8.65. The molecule has 1 unspecified atom stereocenters. The summed E-state index contributed by atoms with van der Waals surface area (Å²) >= 11 is 0. The maximum absolute atomic E-state index is 13.3. The van der Waals surface area contributed by atoms with E-state index < -0.39 is 6.04 Å². The van der Waals surface area contributed by atoms with Gasteiger partial charge in [0.2, 0.25) is 5.91 Å². The standard InChI is InChI=1S/C17H26N2O2/c18-14-13(2-1-3-19-16(14)21)15(20)17-7-10-4-11(8-17)6-12(5-10)9-17/h10-14H,1-9,18H2,(H,19,21)/t10?,11?,12?,13?,14-,17?/m0/s1. The maximum atomic E-state index is 13.3. The normalized spacial score (nSPS) is 48.8. The molecule has 0 spiro atoms. The molecule has 1 amide bonds. The number of carbonyl (C=O) groups excluding carboxylic acids is 2. The van der Waals surface area contributed by atoms with Crippen molar-refractivity contribution in [3.8, 4) is 0 Å². The minimum absolute atomic E-state index is 0.123. The fraction of sp³-hybridized carbons (Fsp3) is 0.882. The molecule has 4 nitrogen and oxygen atoms in total. The summed E-state index contributed by atoms with van der Waals surface area (Å²) in [7, 11) is 0. The number of hydrogen-bond donors (Lipinski definition) is 2. The van der Waals surface area contributed by atoms with Crippen LogP contribution in [-0.4, -0.2) is 24.3 Å². The molecule has 5 rings (SSSR count). The van der Waals surface area contributed by atoms with E-state index in [1.165, 1.54) is 19.3 Å². The molecule has 2 atom stereocenters. The molecular formula is C17H26N2O2. The molecule has 1 heterocycles. The lowest BCUT2D eigenvalue weighted by atomic mass is 9.47. The van der Waals surface area contributed by atoms with Crippen molar-refractivity contribution in [2.75, 3.05) is 6.54 Å². The van der Waals surface area contributed by atoms with Gasteiger partial charge in [-0.05, 0) is 69.1 Å². The average Bonchev–Trinajstić information content (AvgIpc) is 2.59. The van der Waals surface area contributed by atoms with Gasteiger partial charge >= 0.3 is 0 Å². The number of carbonyl (C=O) groups is 2. The molecule has 3 N–H and O–H groups in total. The van der Waals surface area contributed by atoms with Gasteiger partial charge in [0.15, 0.2) is 0 Å². The van der Waals surface area contributed by atoms with E-state index in [0.717, 1.165) is 49.9 Å². The van der Waals surface area contributed by atoms with Crippen LogP contribution in [0.5, 0.6) is 0 Å². The van der Waals surface area contributed by atoms with Crippen LogP contribution >= 0.6 is 0 Å². The third-order valence-electron chi connectivity index (χ3n) is 6.63. The monoisotopic (exact) mass is 290 g/mol. The first-order chi connectivity index (χ1) is 10.1. The Bertz CT molecular complexity index is 438. The average molecular weight is 290 g/mol. The Balaban J connectivity index is 1.60. The second-order valence-corrected chi connectivity index (χ2v) is 8.13. The van der Waals surface area contributed by atoms with Crippen LogP contribution in [0.1, 0.15) is 51.4 Å². The number of nitrogens with two attached hydrogens (primary N) is 1. The molecule has 0 aromatic rings. The molecule has 0 aromatic carbocycles. The summed E-state index contributed by atoms with van der Waals surface area (Å²) < 4.78 is 0. The molecule has 4 aliphatic carbocycles. The molecule has 4 heteroatoms. The van der Waals surface area contributed by atoms with Gasteiger partial charge in [-0.25, -0.2) is 0 Å². The van der Waals surface area contributed by atoms with Gasteiger partial charge in [-0.1, -0.05) is 0 Å². The predicted molar refractivity (Wildman–Crippen MR) is 79.3 cm³/mol. The van der Waals surface area contributed by atoms with Crippen molar-refractivity contribution in [1.29, 1.82) is 0 Å². The van der Waals surface area contributed by atoms with Crippen molar-refractivity contribution in [2.24, 2.45) is 34.8 Å². The summed E-state index contributed by atoms with van der Waals surface area (Å²) in [5, 5.41) is 2.84. The van der Waals surface area contributed by atoms with Gasteiger partial charge < -0.3 is 11.1 Å². The smallest absolute Gasteiger partial charge is 0.237 e. The summed E-state index contributed by atoms with van der Waals surface area (Å²) in [5.41, 5.74) is 5.99. The van der Waals surface area contributed by atoms with Gasteiger partial charge in [-0.15, -0.1) is 0 Å². The number of amides is 1. The highest BCUT2D eigenvalue weighted by atomic mass is 16.2. The Morgan fingerprint density at radius 3 is 2.24 bits per heavy atom. The van der Waals surface area contributed by atoms with Crippen LogP contribution in [-0.2, 0) is 9.59 Å². The Hall–Kier alpha value is -0.900. The largest absolute Gasteiger partial charge is 0.355 e. The molecule has 0 radical (unpaired) electrons. The quantitative estimate of drug-likeness (QED) is 0.812. The second-order valence-electron chi connectivity index (χ2n) is 8.13. The molecule has 1 saturated heterocycles. The third-order valence-corrected chi connectivity index (χ3v) is 6.63. The fourth-order valence-electron chi connectivity index (χ4n) is 6.11. The highest BCUT2D eigenvalue weighted by Gasteiger charge is 2.56. The van der Waals surface area contributed by atoms with Crippen LogP contribution in [0.2, 0.25) is 0 Å². The van der Waals surface area contributed by atoms with Crippen LogP contribution in [0, 0.1) is 29.1 Å². The van der Waals surface area contributed by atoms with E-state index in [-0.39, 0.29) is 17.2 Å². The van der Waals surface area contributed by atoms with Crippen molar-refractivity contribution < 1.29 is 9.59 Å². The summed E-state index contributed by atoms with van der Waals surface area (Å²) in [4.78, 5) is 25.3. The number of nitrogens with one attached hydrogen (secondary N) is 1. The second kappa shape index (κ2) is 4.80. The topological polar surface area (TPSA) is 72.2 Å². The van der Waals surface area contributed by atoms with E-state index in [1.54, 1.807) is 0 Å². The molecule has 0 aromatic heterocycles. The highest BCUT2D eigenvalue weighted by molar-refractivity contribution is 5.94. The lowest BCUT2D eigenvalue weighted by molar-refractivity contribution is -0.150. The number of ketones is 1. The van der Waals surface area contributed by atoms with Crippen molar-refractivity contribution >= 4 is 11.7 Å². The van der Waals surface area contributed by atoms with E-state index in [2.05, 4.69) is 5.32 Å². The number of rotatable bonds is 2. The Morgan fingerprint density at radius 2 is 1.67 bits per heavy atom. The Morgan fingerprint density at radius 1 is 1.10 bits per heavy atom. The van der Waals surface area contributed by atoms with E-state index in [9.17, 15) is 9.59 Å². The first kappa shape index (κ1) is 13.7. The minimum Gasteiger partial charge on any atom is -0.355 e. The molecule has 4 bridgehead atoms. The van der Waals surface area contributed by atoms with E-state index in [4.69, 9.17) is 5.73 Å². The van der Waals surface area contributed by atoms with E-state index >= 15 is 0 Å². The van der Waals surface area contributed by atoms with Gasteiger partial charge in [0.05, 0.1) is 6.04 Å². The first-order valence-electron chi connectivity index (χ1n) is 8.65. The summed E-state index contributed by atoms with van der Waals surface area (Å²) in [6, 6.07) is -0.631. The summed E-state index contributed by atoms with van der Waals surface area (Å²) in [6.45, 7) is 0.664. The number of hydrogen-bond acceptors (Lipinski definition) is 3. The van der Waals surface area contributed by atoms with Crippen molar-refractivity contribution in [3.63, 3.8) is 0 Å². The molecule has 5 fully saturated rings. The van der Waals surface area contributed by atoms with Crippen molar-refractivity contribution in [1.82, 2.24) is 5.32 Å². The van der Waals surface area contributed by atoms with Crippen LogP contribution in [0.4, 0.5) is 0 Å². The predicted octanol–water partition coefficient (Wildman–Crippen LogP) is 1.63. The number of Topliss-reactive ketones (excluding diaryl/α,β-unsaturated/α-hetero) is 1. The molecule has 1 aliphatic heterocycles. The zero-order valence-corrected chi connectivity index (χ0v) is 12.6.